The van der Waals surface area contributed by atoms with Gasteiger partial charge in [0.1, 0.15) is 12.1 Å². The average molecular weight is 208 g/mol. The zero-order valence-electron chi connectivity index (χ0n) is 9.10. The highest BCUT2D eigenvalue weighted by molar-refractivity contribution is 5.41. The molecule has 0 spiro atoms. The summed E-state index contributed by atoms with van der Waals surface area (Å²) in [4.78, 5) is 10.5. The fraction of sp³-hybridized carbons (Fsp3) is 0.600. The number of hydrogen-bond acceptors (Lipinski definition) is 5. The second kappa shape index (κ2) is 4.44. The molecule has 0 saturated carbocycles. The first-order chi connectivity index (χ1) is 7.29. The van der Waals surface area contributed by atoms with E-state index in [0.717, 1.165) is 25.5 Å². The molecule has 1 fully saturated rings. The van der Waals surface area contributed by atoms with E-state index in [9.17, 15) is 0 Å². The van der Waals surface area contributed by atoms with Crippen LogP contribution in [0.2, 0.25) is 0 Å². The zero-order valence-corrected chi connectivity index (χ0v) is 9.10. The monoisotopic (exact) mass is 208 g/mol. The Morgan fingerprint density at radius 3 is 3.13 bits per heavy atom. The van der Waals surface area contributed by atoms with Gasteiger partial charge < -0.3 is 15.0 Å². The van der Waals surface area contributed by atoms with E-state index in [-0.39, 0.29) is 0 Å². The molecule has 5 heteroatoms. The Bertz CT molecular complexity index is 331. The largest absolute Gasteiger partial charge is 0.481 e. The van der Waals surface area contributed by atoms with Crippen LogP contribution < -0.4 is 15.0 Å². The van der Waals surface area contributed by atoms with Crippen molar-refractivity contribution in [1.82, 2.24) is 15.3 Å². The third-order valence-electron chi connectivity index (χ3n) is 2.53. The number of methoxy groups -OCH3 is 1. The highest BCUT2D eigenvalue weighted by atomic mass is 16.5. The molecule has 1 aliphatic heterocycles. The Morgan fingerprint density at radius 2 is 2.40 bits per heavy atom. The van der Waals surface area contributed by atoms with Gasteiger partial charge in [0.15, 0.2) is 0 Å². The van der Waals surface area contributed by atoms with E-state index >= 15 is 0 Å². The third kappa shape index (κ3) is 2.36. The van der Waals surface area contributed by atoms with Crippen molar-refractivity contribution in [3.8, 4) is 5.88 Å². The van der Waals surface area contributed by atoms with Crippen LogP contribution in [0.5, 0.6) is 5.88 Å². The molecular formula is C10H16N4O. The Morgan fingerprint density at radius 1 is 1.53 bits per heavy atom. The number of rotatable bonds is 2. The molecule has 2 heterocycles. The van der Waals surface area contributed by atoms with Gasteiger partial charge in [0, 0.05) is 31.7 Å². The van der Waals surface area contributed by atoms with Crippen LogP contribution in [0.3, 0.4) is 0 Å². The number of piperazine rings is 1. The lowest BCUT2D eigenvalue weighted by Crippen LogP contribution is -2.49. The molecule has 2 rings (SSSR count). The van der Waals surface area contributed by atoms with Crippen molar-refractivity contribution < 1.29 is 4.74 Å². The van der Waals surface area contributed by atoms with Gasteiger partial charge in [-0.2, -0.15) is 0 Å². The molecule has 15 heavy (non-hydrogen) atoms. The molecule has 1 aromatic rings. The predicted molar refractivity (Wildman–Crippen MR) is 58.3 cm³/mol. The van der Waals surface area contributed by atoms with Crippen LogP contribution in [0.1, 0.15) is 6.92 Å². The van der Waals surface area contributed by atoms with Crippen LogP contribution in [0, 0.1) is 0 Å². The Hall–Kier alpha value is -1.36. The van der Waals surface area contributed by atoms with E-state index in [0.29, 0.717) is 11.9 Å². The number of anilines is 1. The standard InChI is InChI=1S/C10H16N4O/c1-8-6-14(4-3-11-8)9-5-10(15-2)13-7-12-9/h5,7-8,11H,3-4,6H2,1-2H3/t8-/m1/s1. The van der Waals surface area contributed by atoms with E-state index in [1.165, 1.54) is 0 Å². The summed E-state index contributed by atoms with van der Waals surface area (Å²) in [6.07, 6.45) is 1.54. The van der Waals surface area contributed by atoms with Gasteiger partial charge in [0.2, 0.25) is 5.88 Å². The highest BCUT2D eigenvalue weighted by Crippen LogP contribution is 2.16. The van der Waals surface area contributed by atoms with Crippen molar-refractivity contribution in [3.63, 3.8) is 0 Å². The van der Waals surface area contributed by atoms with Gasteiger partial charge in [0.25, 0.3) is 0 Å². The second-order valence-electron chi connectivity index (χ2n) is 3.72. The first-order valence-electron chi connectivity index (χ1n) is 5.14. The normalized spacial score (nSPS) is 21.5. The van der Waals surface area contributed by atoms with Crippen molar-refractivity contribution >= 4 is 5.82 Å². The van der Waals surface area contributed by atoms with Gasteiger partial charge in [0.05, 0.1) is 7.11 Å². The number of nitrogens with one attached hydrogen (secondary N) is 1. The van der Waals surface area contributed by atoms with Crippen molar-refractivity contribution in [2.75, 3.05) is 31.6 Å². The van der Waals surface area contributed by atoms with E-state index in [2.05, 4.69) is 27.1 Å². The third-order valence-corrected chi connectivity index (χ3v) is 2.53. The fourth-order valence-electron chi connectivity index (χ4n) is 1.75. The number of nitrogens with zero attached hydrogens (tertiary/aromatic N) is 3. The van der Waals surface area contributed by atoms with Crippen LogP contribution in [0.15, 0.2) is 12.4 Å². The van der Waals surface area contributed by atoms with E-state index < -0.39 is 0 Å². The van der Waals surface area contributed by atoms with Crippen LogP contribution >= 0.6 is 0 Å². The topological polar surface area (TPSA) is 50.3 Å². The first kappa shape index (κ1) is 10.2. The average Bonchev–Trinajstić information content (AvgIpc) is 2.29. The summed E-state index contributed by atoms with van der Waals surface area (Å²) in [6, 6.07) is 2.37. The lowest BCUT2D eigenvalue weighted by atomic mass is 10.2. The highest BCUT2D eigenvalue weighted by Gasteiger charge is 2.17. The quantitative estimate of drug-likeness (QED) is 0.756. The number of hydrogen-bond donors (Lipinski definition) is 1. The molecule has 5 nitrogen and oxygen atoms in total. The molecule has 1 saturated heterocycles. The maximum absolute atomic E-state index is 5.08. The van der Waals surface area contributed by atoms with Crippen LogP contribution in [0.25, 0.3) is 0 Å². The maximum atomic E-state index is 5.08. The SMILES string of the molecule is COc1cc(N2CCN[C@H](C)C2)ncn1. The van der Waals surface area contributed by atoms with E-state index in [4.69, 9.17) is 4.74 Å². The summed E-state index contributed by atoms with van der Waals surface area (Å²) >= 11 is 0. The second-order valence-corrected chi connectivity index (χ2v) is 3.72. The molecular weight excluding hydrogens is 192 g/mol. The lowest BCUT2D eigenvalue weighted by Gasteiger charge is -2.32. The number of aromatic nitrogens is 2. The lowest BCUT2D eigenvalue weighted by molar-refractivity contribution is 0.396. The van der Waals surface area contributed by atoms with Gasteiger partial charge in [-0.25, -0.2) is 9.97 Å². The summed E-state index contributed by atoms with van der Waals surface area (Å²) in [5.41, 5.74) is 0. The smallest absolute Gasteiger partial charge is 0.218 e. The zero-order chi connectivity index (χ0) is 10.7. The van der Waals surface area contributed by atoms with E-state index in [1.54, 1.807) is 13.4 Å². The molecule has 0 aromatic carbocycles. The van der Waals surface area contributed by atoms with Crippen LogP contribution in [0.4, 0.5) is 5.82 Å². The molecule has 0 bridgehead atoms. The fourth-order valence-corrected chi connectivity index (χ4v) is 1.75. The predicted octanol–water partition coefficient (Wildman–Crippen LogP) is 0.283. The van der Waals surface area contributed by atoms with Crippen LogP contribution in [-0.4, -0.2) is 42.8 Å². The van der Waals surface area contributed by atoms with Crippen molar-refractivity contribution in [1.29, 1.82) is 0 Å². The van der Waals surface area contributed by atoms with Gasteiger partial charge in [-0.05, 0) is 6.92 Å². The van der Waals surface area contributed by atoms with Crippen LogP contribution in [-0.2, 0) is 0 Å². The van der Waals surface area contributed by atoms with Gasteiger partial charge in [-0.15, -0.1) is 0 Å². The van der Waals surface area contributed by atoms with Gasteiger partial charge >= 0.3 is 0 Å². The summed E-state index contributed by atoms with van der Waals surface area (Å²) in [5.74, 6) is 1.56. The molecule has 1 atom stereocenters. The summed E-state index contributed by atoms with van der Waals surface area (Å²) in [6.45, 7) is 5.11. The minimum absolute atomic E-state index is 0.500. The molecule has 0 aliphatic carbocycles. The molecule has 0 radical (unpaired) electrons. The summed E-state index contributed by atoms with van der Waals surface area (Å²) in [5, 5.41) is 3.39. The molecule has 0 amide bonds. The van der Waals surface area contributed by atoms with Crippen molar-refractivity contribution in [3.05, 3.63) is 12.4 Å². The molecule has 0 unspecified atom stereocenters. The summed E-state index contributed by atoms with van der Waals surface area (Å²) < 4.78 is 5.08. The molecule has 1 aromatic heterocycles. The molecule has 1 N–H and O–H groups in total. The summed E-state index contributed by atoms with van der Waals surface area (Å²) in [7, 11) is 1.62. The molecule has 1 aliphatic rings. The van der Waals surface area contributed by atoms with Gasteiger partial charge in [-0.3, -0.25) is 0 Å². The van der Waals surface area contributed by atoms with Crippen molar-refractivity contribution in [2.45, 2.75) is 13.0 Å². The Labute approximate surface area is 89.5 Å². The minimum Gasteiger partial charge on any atom is -0.481 e. The Balaban J connectivity index is 2.13. The van der Waals surface area contributed by atoms with E-state index in [1.807, 2.05) is 6.07 Å². The number of ether oxygens (including phenoxy) is 1. The van der Waals surface area contributed by atoms with Crippen molar-refractivity contribution in [2.24, 2.45) is 0 Å². The maximum Gasteiger partial charge on any atom is 0.218 e. The Kier molecular flexibility index (Phi) is 3.01. The minimum atomic E-state index is 0.500. The first-order valence-corrected chi connectivity index (χ1v) is 5.14. The molecule has 82 valence electrons. The van der Waals surface area contributed by atoms with Gasteiger partial charge in [-0.1, -0.05) is 0 Å².